The van der Waals surface area contributed by atoms with Gasteiger partial charge in [-0.25, -0.2) is 9.59 Å². The SMILES string of the molecule is C=COC(=O)OC(=O)c1ccccc1. The zero-order valence-corrected chi connectivity index (χ0v) is 7.30. The molecule has 1 rings (SSSR count). The first kappa shape index (κ1) is 9.98. The standard InChI is InChI=1S/C10H8O4/c1-2-13-10(12)14-9(11)8-6-4-3-5-7-8/h2-7H,1H2. The molecule has 0 bridgehead atoms. The van der Waals surface area contributed by atoms with Gasteiger partial charge in [0.25, 0.3) is 0 Å². The maximum Gasteiger partial charge on any atom is 0.521 e. The van der Waals surface area contributed by atoms with Gasteiger partial charge in [-0.05, 0) is 12.1 Å². The van der Waals surface area contributed by atoms with Crippen molar-refractivity contribution in [3.63, 3.8) is 0 Å². The van der Waals surface area contributed by atoms with Crippen LogP contribution in [-0.2, 0) is 9.47 Å². The summed E-state index contributed by atoms with van der Waals surface area (Å²) >= 11 is 0. The smallest absolute Gasteiger partial charge is 0.403 e. The molecule has 1 aromatic carbocycles. The summed E-state index contributed by atoms with van der Waals surface area (Å²) in [5.41, 5.74) is 0.286. The topological polar surface area (TPSA) is 52.6 Å². The Balaban J connectivity index is 2.59. The molecule has 0 atom stereocenters. The predicted molar refractivity (Wildman–Crippen MR) is 48.5 cm³/mol. The Hall–Kier alpha value is -2.10. The van der Waals surface area contributed by atoms with Crippen molar-refractivity contribution in [2.24, 2.45) is 0 Å². The van der Waals surface area contributed by atoms with E-state index in [9.17, 15) is 9.59 Å². The minimum Gasteiger partial charge on any atom is -0.403 e. The Morgan fingerprint density at radius 3 is 2.43 bits per heavy atom. The summed E-state index contributed by atoms with van der Waals surface area (Å²) in [6.45, 7) is 3.15. The summed E-state index contributed by atoms with van der Waals surface area (Å²) < 4.78 is 8.52. The number of carbonyl (C=O) groups is 2. The molecule has 0 saturated carbocycles. The lowest BCUT2D eigenvalue weighted by Gasteiger charge is -2.00. The van der Waals surface area contributed by atoms with Crippen LogP contribution in [0.1, 0.15) is 10.4 Å². The molecular weight excluding hydrogens is 184 g/mol. The average Bonchev–Trinajstić information content (AvgIpc) is 2.19. The van der Waals surface area contributed by atoms with Crippen molar-refractivity contribution in [1.29, 1.82) is 0 Å². The van der Waals surface area contributed by atoms with Crippen molar-refractivity contribution in [3.05, 3.63) is 48.7 Å². The van der Waals surface area contributed by atoms with Gasteiger partial charge in [0.05, 0.1) is 11.8 Å². The predicted octanol–water partition coefficient (Wildman–Crippen LogP) is 2.12. The lowest BCUT2D eigenvalue weighted by Crippen LogP contribution is -2.11. The van der Waals surface area contributed by atoms with Gasteiger partial charge in [-0.15, -0.1) is 0 Å². The second-order valence-electron chi connectivity index (χ2n) is 2.29. The van der Waals surface area contributed by atoms with Crippen molar-refractivity contribution in [1.82, 2.24) is 0 Å². The molecule has 0 aliphatic carbocycles. The molecule has 0 amide bonds. The van der Waals surface area contributed by atoms with E-state index >= 15 is 0 Å². The van der Waals surface area contributed by atoms with E-state index < -0.39 is 12.1 Å². The number of esters is 1. The van der Waals surface area contributed by atoms with Gasteiger partial charge in [0.2, 0.25) is 0 Å². The number of hydrogen-bond donors (Lipinski definition) is 0. The molecule has 0 unspecified atom stereocenters. The molecule has 0 aromatic heterocycles. The summed E-state index contributed by atoms with van der Waals surface area (Å²) in [6, 6.07) is 8.14. The highest BCUT2D eigenvalue weighted by Crippen LogP contribution is 2.01. The van der Waals surface area contributed by atoms with Crippen molar-refractivity contribution in [2.45, 2.75) is 0 Å². The van der Waals surface area contributed by atoms with Crippen LogP contribution >= 0.6 is 0 Å². The van der Waals surface area contributed by atoms with Crippen LogP contribution < -0.4 is 0 Å². The average molecular weight is 192 g/mol. The zero-order valence-electron chi connectivity index (χ0n) is 7.30. The van der Waals surface area contributed by atoms with Gasteiger partial charge in [0.1, 0.15) is 0 Å². The normalized spacial score (nSPS) is 8.86. The maximum absolute atomic E-state index is 11.2. The minimum atomic E-state index is -1.09. The monoisotopic (exact) mass is 192 g/mol. The largest absolute Gasteiger partial charge is 0.521 e. The van der Waals surface area contributed by atoms with Gasteiger partial charge in [0, 0.05) is 0 Å². The van der Waals surface area contributed by atoms with Gasteiger partial charge in [0.15, 0.2) is 0 Å². The first-order valence-electron chi connectivity index (χ1n) is 3.83. The summed E-state index contributed by atoms with van der Waals surface area (Å²) in [6.07, 6.45) is -0.200. The van der Waals surface area contributed by atoms with Crippen LogP contribution in [0.4, 0.5) is 4.79 Å². The van der Waals surface area contributed by atoms with Crippen LogP contribution in [0.25, 0.3) is 0 Å². The van der Waals surface area contributed by atoms with Crippen LogP contribution in [0.2, 0.25) is 0 Å². The molecule has 0 radical (unpaired) electrons. The fourth-order valence-corrected chi connectivity index (χ4v) is 0.801. The molecule has 0 aliphatic heterocycles. The van der Waals surface area contributed by atoms with Gasteiger partial charge in [-0.1, -0.05) is 24.8 Å². The summed E-state index contributed by atoms with van der Waals surface area (Å²) in [7, 11) is 0. The van der Waals surface area contributed by atoms with E-state index in [2.05, 4.69) is 16.1 Å². The van der Waals surface area contributed by atoms with Crippen molar-refractivity contribution >= 4 is 12.1 Å². The summed E-state index contributed by atoms with van der Waals surface area (Å²) in [5, 5.41) is 0. The molecule has 0 fully saturated rings. The first-order chi connectivity index (χ1) is 6.74. The highest BCUT2D eigenvalue weighted by Gasteiger charge is 2.12. The lowest BCUT2D eigenvalue weighted by molar-refractivity contribution is 0.0491. The van der Waals surface area contributed by atoms with Crippen LogP contribution in [0.3, 0.4) is 0 Å². The van der Waals surface area contributed by atoms with Crippen molar-refractivity contribution in [3.8, 4) is 0 Å². The number of rotatable bonds is 2. The third-order valence-corrected chi connectivity index (χ3v) is 1.37. The number of carbonyl (C=O) groups excluding carboxylic acids is 2. The van der Waals surface area contributed by atoms with Gasteiger partial charge in [-0.3, -0.25) is 0 Å². The van der Waals surface area contributed by atoms with E-state index in [1.807, 2.05) is 0 Å². The van der Waals surface area contributed by atoms with Gasteiger partial charge >= 0.3 is 12.1 Å². The van der Waals surface area contributed by atoms with E-state index in [-0.39, 0.29) is 5.56 Å². The Labute approximate surface area is 80.8 Å². The molecule has 4 heteroatoms. The molecule has 0 N–H and O–H groups in total. The Morgan fingerprint density at radius 2 is 1.86 bits per heavy atom. The van der Waals surface area contributed by atoms with E-state index in [1.54, 1.807) is 18.2 Å². The Bertz CT molecular complexity index is 342. The fourth-order valence-electron chi connectivity index (χ4n) is 0.801. The van der Waals surface area contributed by atoms with Crippen LogP contribution in [0, 0.1) is 0 Å². The Morgan fingerprint density at radius 1 is 1.21 bits per heavy atom. The third-order valence-electron chi connectivity index (χ3n) is 1.37. The van der Waals surface area contributed by atoms with E-state index in [0.29, 0.717) is 0 Å². The molecule has 1 aromatic rings. The highest BCUT2D eigenvalue weighted by atomic mass is 16.7. The summed E-state index contributed by atoms with van der Waals surface area (Å²) in [5.74, 6) is -0.752. The van der Waals surface area contributed by atoms with E-state index in [1.165, 1.54) is 12.1 Å². The van der Waals surface area contributed by atoms with E-state index in [4.69, 9.17) is 0 Å². The second kappa shape index (κ2) is 4.81. The molecule has 0 aliphatic rings. The van der Waals surface area contributed by atoms with E-state index in [0.717, 1.165) is 6.26 Å². The first-order valence-corrected chi connectivity index (χ1v) is 3.83. The van der Waals surface area contributed by atoms with Gasteiger partial charge in [-0.2, -0.15) is 0 Å². The molecule has 0 spiro atoms. The van der Waals surface area contributed by atoms with Crippen LogP contribution in [-0.4, -0.2) is 12.1 Å². The molecule has 4 nitrogen and oxygen atoms in total. The fraction of sp³-hybridized carbons (Fsp3) is 0. The van der Waals surface area contributed by atoms with Gasteiger partial charge < -0.3 is 9.47 Å². The number of hydrogen-bond acceptors (Lipinski definition) is 4. The van der Waals surface area contributed by atoms with Crippen molar-refractivity contribution in [2.75, 3.05) is 0 Å². The maximum atomic E-state index is 11.2. The summed E-state index contributed by atoms with van der Waals surface area (Å²) in [4.78, 5) is 21.9. The van der Waals surface area contributed by atoms with Crippen LogP contribution in [0.5, 0.6) is 0 Å². The second-order valence-corrected chi connectivity index (χ2v) is 2.29. The minimum absolute atomic E-state index is 0.286. The Kier molecular flexibility index (Phi) is 3.43. The molecular formula is C10H8O4. The molecule has 0 saturated heterocycles. The lowest BCUT2D eigenvalue weighted by atomic mass is 10.2. The molecule has 72 valence electrons. The molecule has 14 heavy (non-hydrogen) atoms. The highest BCUT2D eigenvalue weighted by molar-refractivity contribution is 5.95. The zero-order chi connectivity index (χ0) is 10.4. The van der Waals surface area contributed by atoms with Crippen molar-refractivity contribution < 1.29 is 19.1 Å². The third kappa shape index (κ3) is 2.75. The van der Waals surface area contributed by atoms with Crippen LogP contribution in [0.15, 0.2) is 43.2 Å². The quantitative estimate of drug-likeness (QED) is 0.409. The number of benzene rings is 1. The molecule has 0 heterocycles. The number of ether oxygens (including phenoxy) is 2.